The fourth-order valence-corrected chi connectivity index (χ4v) is 5.00. The van der Waals surface area contributed by atoms with Gasteiger partial charge in [-0.1, -0.05) is 11.6 Å². The van der Waals surface area contributed by atoms with E-state index in [9.17, 15) is 13.6 Å². The molecule has 2 aromatic heterocycles. The molecule has 0 amide bonds. The summed E-state index contributed by atoms with van der Waals surface area (Å²) >= 11 is 10.5. The second kappa shape index (κ2) is 4.86. The lowest BCUT2D eigenvalue weighted by atomic mass is 9.75. The van der Waals surface area contributed by atoms with E-state index in [0.29, 0.717) is 19.3 Å². The standard InChI is InChI=1S/C13H9BrClF2NO2S/c1-6(19)20-12(4-13(16,17)5-12)10-9(14)7-2-3-8(15)18-11(7)21-10/h2-3H,4-5H2,1H3. The lowest BCUT2D eigenvalue weighted by molar-refractivity contribution is -0.228. The van der Waals surface area contributed by atoms with Crippen LogP contribution in [0, 0.1) is 0 Å². The van der Waals surface area contributed by atoms with Crippen LogP contribution in [0.5, 0.6) is 0 Å². The van der Waals surface area contributed by atoms with E-state index in [0.717, 1.165) is 5.39 Å². The molecule has 2 aromatic rings. The minimum atomic E-state index is -2.82. The van der Waals surface area contributed by atoms with Gasteiger partial charge >= 0.3 is 5.97 Å². The van der Waals surface area contributed by atoms with Crippen molar-refractivity contribution in [3.63, 3.8) is 0 Å². The number of fused-ring (bicyclic) bond motifs is 1. The topological polar surface area (TPSA) is 39.2 Å². The van der Waals surface area contributed by atoms with E-state index in [2.05, 4.69) is 20.9 Å². The van der Waals surface area contributed by atoms with Crippen molar-refractivity contribution in [3.8, 4) is 0 Å². The lowest BCUT2D eigenvalue weighted by Crippen LogP contribution is -2.51. The summed E-state index contributed by atoms with van der Waals surface area (Å²) in [5.41, 5.74) is -1.29. The normalized spacial score (nSPS) is 19.3. The Balaban J connectivity index is 2.12. The molecule has 1 fully saturated rings. The van der Waals surface area contributed by atoms with Crippen LogP contribution >= 0.6 is 38.9 Å². The molecular formula is C13H9BrClF2NO2S. The van der Waals surface area contributed by atoms with Crippen LogP contribution in [0.3, 0.4) is 0 Å². The number of carbonyl (C=O) groups excluding carboxylic acids is 1. The van der Waals surface area contributed by atoms with E-state index in [1.807, 2.05) is 0 Å². The van der Waals surface area contributed by atoms with Gasteiger partial charge in [0.05, 0.1) is 17.7 Å². The monoisotopic (exact) mass is 395 g/mol. The van der Waals surface area contributed by atoms with Crippen molar-refractivity contribution >= 4 is 55.1 Å². The first-order valence-corrected chi connectivity index (χ1v) is 8.04. The van der Waals surface area contributed by atoms with Gasteiger partial charge in [-0.3, -0.25) is 4.79 Å². The van der Waals surface area contributed by atoms with Crippen LogP contribution in [-0.2, 0) is 15.1 Å². The molecule has 0 bridgehead atoms. The maximum atomic E-state index is 13.4. The Hall–Kier alpha value is -0.790. The molecule has 8 heteroatoms. The van der Waals surface area contributed by atoms with E-state index in [1.54, 1.807) is 12.1 Å². The molecule has 0 atom stereocenters. The van der Waals surface area contributed by atoms with Gasteiger partial charge in [-0.05, 0) is 28.1 Å². The van der Waals surface area contributed by atoms with Gasteiger partial charge in [0.1, 0.15) is 9.98 Å². The van der Waals surface area contributed by atoms with E-state index < -0.39 is 30.3 Å². The Morgan fingerprint density at radius 1 is 1.48 bits per heavy atom. The summed E-state index contributed by atoms with van der Waals surface area (Å²) in [5, 5.41) is 1.09. The highest BCUT2D eigenvalue weighted by atomic mass is 79.9. The zero-order chi connectivity index (χ0) is 15.4. The van der Waals surface area contributed by atoms with Crippen molar-refractivity contribution in [1.29, 1.82) is 0 Å². The van der Waals surface area contributed by atoms with Crippen LogP contribution in [0.1, 0.15) is 24.6 Å². The van der Waals surface area contributed by atoms with Crippen LogP contribution in [0.25, 0.3) is 10.2 Å². The number of ether oxygens (including phenoxy) is 1. The van der Waals surface area contributed by atoms with Gasteiger partial charge in [0.25, 0.3) is 5.92 Å². The van der Waals surface area contributed by atoms with Crippen LogP contribution in [0.4, 0.5) is 8.78 Å². The molecule has 0 radical (unpaired) electrons. The molecule has 1 saturated carbocycles. The minimum Gasteiger partial charge on any atom is -0.453 e. The smallest absolute Gasteiger partial charge is 0.303 e. The number of pyridine rings is 1. The number of hydrogen-bond donors (Lipinski definition) is 0. The minimum absolute atomic E-state index is 0.322. The lowest BCUT2D eigenvalue weighted by Gasteiger charge is -2.45. The maximum absolute atomic E-state index is 13.4. The third kappa shape index (κ3) is 2.55. The molecule has 3 rings (SSSR count). The molecule has 112 valence electrons. The number of alkyl halides is 2. The zero-order valence-electron chi connectivity index (χ0n) is 10.8. The van der Waals surface area contributed by atoms with Gasteiger partial charge in [-0.25, -0.2) is 13.8 Å². The number of hydrogen-bond acceptors (Lipinski definition) is 4. The van der Waals surface area contributed by atoms with Gasteiger partial charge in [0.15, 0.2) is 5.60 Å². The second-order valence-electron chi connectivity index (χ2n) is 5.03. The van der Waals surface area contributed by atoms with E-state index >= 15 is 0 Å². The summed E-state index contributed by atoms with van der Waals surface area (Å²) in [6, 6.07) is 3.38. The average molecular weight is 397 g/mol. The molecule has 0 aliphatic heterocycles. The predicted octanol–water partition coefficient (Wildman–Crippen LogP) is 4.90. The van der Waals surface area contributed by atoms with Crippen molar-refractivity contribution in [2.45, 2.75) is 31.3 Å². The molecular weight excluding hydrogens is 388 g/mol. The molecule has 2 heterocycles. The van der Waals surface area contributed by atoms with Crippen LogP contribution in [0.15, 0.2) is 16.6 Å². The van der Waals surface area contributed by atoms with Crippen LogP contribution < -0.4 is 0 Å². The fraction of sp³-hybridized carbons (Fsp3) is 0.385. The number of carbonyl (C=O) groups is 1. The van der Waals surface area contributed by atoms with Gasteiger partial charge in [0, 0.05) is 16.8 Å². The number of halogens is 4. The number of aromatic nitrogens is 1. The quantitative estimate of drug-likeness (QED) is 0.535. The Kier molecular flexibility index (Phi) is 3.50. The third-order valence-corrected chi connectivity index (χ3v) is 5.88. The SMILES string of the molecule is CC(=O)OC1(c2sc3nc(Cl)ccc3c2Br)CC(F)(F)C1. The van der Waals surface area contributed by atoms with Crippen molar-refractivity contribution in [3.05, 3.63) is 26.6 Å². The Morgan fingerprint density at radius 3 is 2.71 bits per heavy atom. The number of rotatable bonds is 2. The second-order valence-corrected chi connectivity index (χ2v) is 7.21. The maximum Gasteiger partial charge on any atom is 0.303 e. The van der Waals surface area contributed by atoms with Gasteiger partial charge in [0.2, 0.25) is 0 Å². The largest absolute Gasteiger partial charge is 0.453 e. The number of thiophene rings is 1. The summed E-state index contributed by atoms with van der Waals surface area (Å²) in [5.74, 6) is -3.41. The molecule has 1 aliphatic carbocycles. The highest BCUT2D eigenvalue weighted by Crippen LogP contribution is 2.58. The zero-order valence-corrected chi connectivity index (χ0v) is 13.9. The first-order chi connectivity index (χ1) is 9.72. The molecule has 0 saturated heterocycles. The summed E-state index contributed by atoms with van der Waals surface area (Å²) in [7, 11) is 0. The van der Waals surface area contributed by atoms with Crippen molar-refractivity contribution in [1.82, 2.24) is 4.98 Å². The van der Waals surface area contributed by atoms with Crippen molar-refractivity contribution in [2.75, 3.05) is 0 Å². The van der Waals surface area contributed by atoms with Gasteiger partial charge < -0.3 is 4.74 Å². The number of esters is 1. The van der Waals surface area contributed by atoms with Crippen LogP contribution in [-0.4, -0.2) is 16.9 Å². The summed E-state index contributed by atoms with van der Waals surface area (Å²) in [6.07, 6.45) is -1.03. The molecule has 0 spiro atoms. The predicted molar refractivity (Wildman–Crippen MR) is 80.0 cm³/mol. The summed E-state index contributed by atoms with van der Waals surface area (Å²) in [4.78, 5) is 16.6. The van der Waals surface area contributed by atoms with Crippen LogP contribution in [0.2, 0.25) is 5.15 Å². The Morgan fingerprint density at radius 2 is 2.14 bits per heavy atom. The molecule has 21 heavy (non-hydrogen) atoms. The van der Waals surface area contributed by atoms with Gasteiger partial charge in [-0.2, -0.15) is 0 Å². The Bertz CT molecular complexity index is 741. The van der Waals surface area contributed by atoms with Gasteiger partial charge in [-0.15, -0.1) is 11.3 Å². The highest BCUT2D eigenvalue weighted by Gasteiger charge is 2.61. The van der Waals surface area contributed by atoms with E-state index in [1.165, 1.54) is 18.3 Å². The van der Waals surface area contributed by atoms with E-state index in [-0.39, 0.29) is 0 Å². The molecule has 0 unspecified atom stereocenters. The highest BCUT2D eigenvalue weighted by molar-refractivity contribution is 9.10. The Labute approximate surface area is 136 Å². The first kappa shape index (κ1) is 15.1. The van der Waals surface area contributed by atoms with Crippen molar-refractivity contribution in [2.24, 2.45) is 0 Å². The molecule has 0 N–H and O–H groups in total. The van der Waals surface area contributed by atoms with Crippen molar-refractivity contribution < 1.29 is 18.3 Å². The first-order valence-electron chi connectivity index (χ1n) is 6.05. The summed E-state index contributed by atoms with van der Waals surface area (Å²) < 4.78 is 32.6. The number of nitrogens with zero attached hydrogens (tertiary/aromatic N) is 1. The fourth-order valence-electron chi connectivity index (χ4n) is 2.56. The third-order valence-electron chi connectivity index (χ3n) is 3.30. The molecule has 3 nitrogen and oxygen atoms in total. The van der Waals surface area contributed by atoms with E-state index in [4.69, 9.17) is 16.3 Å². The summed E-state index contributed by atoms with van der Waals surface area (Å²) in [6.45, 7) is 1.22. The average Bonchev–Trinajstić information content (AvgIpc) is 2.63. The molecule has 1 aliphatic rings. The molecule has 0 aromatic carbocycles.